The molecule has 0 spiro atoms. The molecular formula is C5H4BBrFNO2. The third kappa shape index (κ3) is 1.98. The Morgan fingerprint density at radius 3 is 2.55 bits per heavy atom. The highest BCUT2D eigenvalue weighted by atomic mass is 79.9. The van der Waals surface area contributed by atoms with Crippen molar-refractivity contribution in [3.8, 4) is 0 Å². The molecule has 3 nitrogen and oxygen atoms in total. The Bertz CT molecular complexity index is 271. The molecule has 58 valence electrons. The lowest BCUT2D eigenvalue weighted by molar-refractivity contribution is 0.425. The van der Waals surface area contributed by atoms with Crippen LogP contribution >= 0.6 is 15.9 Å². The summed E-state index contributed by atoms with van der Waals surface area (Å²) in [5.74, 6) is -0.665. The molecule has 1 heterocycles. The van der Waals surface area contributed by atoms with Crippen LogP contribution in [-0.4, -0.2) is 22.2 Å². The Morgan fingerprint density at radius 2 is 2.09 bits per heavy atom. The number of rotatable bonds is 1. The van der Waals surface area contributed by atoms with E-state index in [9.17, 15) is 4.39 Å². The van der Waals surface area contributed by atoms with Crippen LogP contribution in [0.15, 0.2) is 16.7 Å². The van der Waals surface area contributed by atoms with E-state index in [2.05, 4.69) is 20.9 Å². The quantitative estimate of drug-likeness (QED) is 0.502. The SMILES string of the molecule is OB(O)c1ccc(F)nc1Br. The van der Waals surface area contributed by atoms with Gasteiger partial charge in [-0.1, -0.05) is 6.07 Å². The molecule has 0 saturated carbocycles. The second-order valence-electron chi connectivity index (χ2n) is 1.89. The molecule has 0 aliphatic carbocycles. The minimum atomic E-state index is -1.63. The Hall–Kier alpha value is -0.455. The van der Waals surface area contributed by atoms with Crippen LogP contribution in [0.1, 0.15) is 0 Å². The molecule has 0 aromatic carbocycles. The smallest absolute Gasteiger partial charge is 0.423 e. The second kappa shape index (κ2) is 3.29. The van der Waals surface area contributed by atoms with Crippen molar-refractivity contribution in [2.45, 2.75) is 0 Å². The van der Waals surface area contributed by atoms with E-state index >= 15 is 0 Å². The third-order valence-corrected chi connectivity index (χ3v) is 1.76. The van der Waals surface area contributed by atoms with Gasteiger partial charge in [0.25, 0.3) is 0 Å². The van der Waals surface area contributed by atoms with Crippen molar-refractivity contribution in [1.29, 1.82) is 0 Å². The molecule has 0 unspecified atom stereocenters. The van der Waals surface area contributed by atoms with Crippen molar-refractivity contribution in [3.63, 3.8) is 0 Å². The van der Waals surface area contributed by atoms with Crippen molar-refractivity contribution < 1.29 is 14.4 Å². The average Bonchev–Trinajstić information content (AvgIpc) is 1.85. The number of aromatic nitrogens is 1. The fourth-order valence-corrected chi connectivity index (χ4v) is 1.12. The molecule has 1 aromatic rings. The molecule has 11 heavy (non-hydrogen) atoms. The minimum Gasteiger partial charge on any atom is -0.423 e. The van der Waals surface area contributed by atoms with Crippen LogP contribution in [0, 0.1) is 5.95 Å². The molecule has 0 bridgehead atoms. The first-order valence-electron chi connectivity index (χ1n) is 2.79. The Labute approximate surface area is 71.2 Å². The highest BCUT2D eigenvalue weighted by molar-refractivity contribution is 9.10. The maximum atomic E-state index is 12.3. The molecule has 0 radical (unpaired) electrons. The molecule has 6 heteroatoms. The highest BCUT2D eigenvalue weighted by Gasteiger charge is 2.15. The van der Waals surface area contributed by atoms with Gasteiger partial charge in [-0.05, 0) is 22.0 Å². The van der Waals surface area contributed by atoms with Gasteiger partial charge < -0.3 is 10.0 Å². The fourth-order valence-electron chi connectivity index (χ4n) is 0.615. The van der Waals surface area contributed by atoms with Crippen molar-refractivity contribution in [3.05, 3.63) is 22.7 Å². The van der Waals surface area contributed by atoms with Gasteiger partial charge in [-0.15, -0.1) is 0 Å². The number of halogens is 2. The molecule has 0 aliphatic rings. The summed E-state index contributed by atoms with van der Waals surface area (Å²) in [7, 11) is -1.63. The Morgan fingerprint density at radius 1 is 1.45 bits per heavy atom. The molecule has 1 rings (SSSR count). The van der Waals surface area contributed by atoms with E-state index in [1.165, 1.54) is 6.07 Å². The van der Waals surface area contributed by atoms with Crippen LogP contribution < -0.4 is 5.46 Å². The lowest BCUT2D eigenvalue weighted by atomic mass is 9.82. The summed E-state index contributed by atoms with van der Waals surface area (Å²) in [6.45, 7) is 0. The first-order chi connectivity index (χ1) is 5.11. The zero-order valence-corrected chi connectivity index (χ0v) is 6.92. The topological polar surface area (TPSA) is 53.4 Å². The van der Waals surface area contributed by atoms with E-state index in [0.717, 1.165) is 6.07 Å². The number of pyridine rings is 1. The highest BCUT2D eigenvalue weighted by Crippen LogP contribution is 2.03. The lowest BCUT2D eigenvalue weighted by Crippen LogP contribution is -2.31. The van der Waals surface area contributed by atoms with Crippen LogP contribution in [0.2, 0.25) is 0 Å². The van der Waals surface area contributed by atoms with Crippen molar-refractivity contribution >= 4 is 28.5 Å². The molecule has 1 aromatic heterocycles. The average molecular weight is 220 g/mol. The van der Waals surface area contributed by atoms with E-state index in [4.69, 9.17) is 10.0 Å². The van der Waals surface area contributed by atoms with Gasteiger partial charge in [-0.2, -0.15) is 4.39 Å². The monoisotopic (exact) mass is 219 g/mol. The summed E-state index contributed by atoms with van der Waals surface area (Å²) in [6, 6.07) is 2.30. The summed E-state index contributed by atoms with van der Waals surface area (Å²) < 4.78 is 12.4. The van der Waals surface area contributed by atoms with Gasteiger partial charge in [0.05, 0.1) is 0 Å². The van der Waals surface area contributed by atoms with Gasteiger partial charge in [0.1, 0.15) is 4.60 Å². The molecule has 0 atom stereocenters. The standard InChI is InChI=1S/C5H4BBrFNO2/c7-5-3(6(10)11)1-2-4(8)9-5/h1-2,10-11H. The third-order valence-electron chi connectivity index (χ3n) is 1.12. The largest absolute Gasteiger partial charge is 0.491 e. The lowest BCUT2D eigenvalue weighted by Gasteiger charge is -2.00. The van der Waals surface area contributed by atoms with Crippen LogP contribution in [0.5, 0.6) is 0 Å². The van der Waals surface area contributed by atoms with E-state index in [1.54, 1.807) is 0 Å². The molecule has 2 N–H and O–H groups in total. The van der Waals surface area contributed by atoms with Gasteiger partial charge in [0.15, 0.2) is 0 Å². The van der Waals surface area contributed by atoms with E-state index in [-0.39, 0.29) is 10.1 Å². The predicted octanol–water partition coefficient (Wildman–Crippen LogP) is -0.337. The molecule has 0 saturated heterocycles. The fraction of sp³-hybridized carbons (Fsp3) is 0. The first-order valence-corrected chi connectivity index (χ1v) is 3.58. The molecule has 0 amide bonds. The van der Waals surface area contributed by atoms with Crippen LogP contribution in [0.3, 0.4) is 0 Å². The van der Waals surface area contributed by atoms with E-state index in [1.807, 2.05) is 0 Å². The summed E-state index contributed by atoms with van der Waals surface area (Å²) in [6.07, 6.45) is 0. The van der Waals surface area contributed by atoms with Gasteiger partial charge >= 0.3 is 7.12 Å². The van der Waals surface area contributed by atoms with Gasteiger partial charge in [-0.25, -0.2) is 4.98 Å². The summed E-state index contributed by atoms with van der Waals surface area (Å²) >= 11 is 2.88. The summed E-state index contributed by atoms with van der Waals surface area (Å²) in [4.78, 5) is 3.32. The van der Waals surface area contributed by atoms with Crippen LogP contribution in [-0.2, 0) is 0 Å². The van der Waals surface area contributed by atoms with Gasteiger partial charge in [-0.3, -0.25) is 0 Å². The maximum Gasteiger partial charge on any atom is 0.491 e. The zero-order valence-electron chi connectivity index (χ0n) is 5.33. The number of hydrogen-bond acceptors (Lipinski definition) is 3. The predicted molar refractivity (Wildman–Crippen MR) is 41.7 cm³/mol. The van der Waals surface area contributed by atoms with Crippen LogP contribution in [0.4, 0.5) is 4.39 Å². The maximum absolute atomic E-state index is 12.3. The Kier molecular flexibility index (Phi) is 2.59. The van der Waals surface area contributed by atoms with Crippen molar-refractivity contribution in [1.82, 2.24) is 4.98 Å². The molecular weight excluding hydrogens is 216 g/mol. The summed E-state index contributed by atoms with van der Waals surface area (Å²) in [5.41, 5.74) is 0.145. The van der Waals surface area contributed by atoms with Crippen molar-refractivity contribution in [2.75, 3.05) is 0 Å². The van der Waals surface area contributed by atoms with E-state index in [0.29, 0.717) is 0 Å². The molecule has 0 fully saturated rings. The number of nitrogens with zero attached hydrogens (tertiary/aromatic N) is 1. The van der Waals surface area contributed by atoms with Gasteiger partial charge in [0.2, 0.25) is 5.95 Å². The number of hydrogen-bond donors (Lipinski definition) is 2. The van der Waals surface area contributed by atoms with Crippen LogP contribution in [0.25, 0.3) is 0 Å². The van der Waals surface area contributed by atoms with Crippen molar-refractivity contribution in [2.24, 2.45) is 0 Å². The Balaban J connectivity index is 3.09. The normalized spacial score (nSPS) is 9.82. The van der Waals surface area contributed by atoms with E-state index < -0.39 is 13.1 Å². The summed E-state index contributed by atoms with van der Waals surface area (Å²) in [5, 5.41) is 17.3. The second-order valence-corrected chi connectivity index (χ2v) is 2.64. The first kappa shape index (κ1) is 8.64. The zero-order chi connectivity index (χ0) is 8.43. The molecule has 0 aliphatic heterocycles. The minimum absolute atomic E-state index is 0.104. The van der Waals surface area contributed by atoms with Gasteiger partial charge in [0, 0.05) is 5.46 Å².